The molecule has 12 unspecified atom stereocenters. The molecule has 2 aliphatic rings. The largest absolute Gasteiger partial charge is 0.394 e. The van der Waals surface area contributed by atoms with Gasteiger partial charge in [0.2, 0.25) is 5.91 Å². The van der Waals surface area contributed by atoms with Crippen LogP contribution in [0.5, 0.6) is 0 Å². The van der Waals surface area contributed by atoms with Crippen molar-refractivity contribution in [2.75, 3.05) is 19.8 Å². The molecule has 2 saturated heterocycles. The molecule has 0 aliphatic carbocycles. The lowest BCUT2D eigenvalue weighted by Gasteiger charge is -2.46. The monoisotopic (exact) mass is 1040 g/mol. The zero-order valence-corrected chi connectivity index (χ0v) is 45.9. The number of nitrogens with one attached hydrogen (secondary N) is 1. The Morgan fingerprint density at radius 3 is 1.34 bits per heavy atom. The molecule has 428 valence electrons. The van der Waals surface area contributed by atoms with Crippen LogP contribution in [-0.4, -0.2) is 140 Å². The van der Waals surface area contributed by atoms with Gasteiger partial charge < -0.3 is 65.1 Å². The van der Waals surface area contributed by atoms with Crippen LogP contribution in [0.25, 0.3) is 0 Å². The molecule has 73 heavy (non-hydrogen) atoms. The Morgan fingerprint density at radius 2 is 0.877 bits per heavy atom. The molecule has 9 N–H and O–H groups in total. The molecule has 0 aromatic rings. The summed E-state index contributed by atoms with van der Waals surface area (Å²) in [6.07, 6.45) is 37.7. The topological polar surface area (TPSA) is 228 Å². The van der Waals surface area contributed by atoms with Crippen LogP contribution < -0.4 is 5.32 Å². The highest BCUT2D eigenvalue weighted by Gasteiger charge is 2.51. The molecular weight excluding hydrogens is 931 g/mol. The van der Waals surface area contributed by atoms with Gasteiger partial charge in [0.15, 0.2) is 12.6 Å². The van der Waals surface area contributed by atoms with Crippen molar-refractivity contribution in [1.82, 2.24) is 5.32 Å². The van der Waals surface area contributed by atoms with Crippen molar-refractivity contribution in [2.24, 2.45) is 0 Å². The fraction of sp³-hybridized carbons (Fsp3) is 0.881. The first-order valence-corrected chi connectivity index (χ1v) is 29.7. The molecule has 14 heteroatoms. The second-order valence-electron chi connectivity index (χ2n) is 21.1. The minimum Gasteiger partial charge on any atom is -0.394 e. The lowest BCUT2D eigenvalue weighted by atomic mass is 9.97. The molecule has 2 rings (SSSR count). The van der Waals surface area contributed by atoms with E-state index in [1.54, 1.807) is 6.08 Å². The van der Waals surface area contributed by atoms with Crippen molar-refractivity contribution >= 4 is 5.91 Å². The smallest absolute Gasteiger partial charge is 0.220 e. The van der Waals surface area contributed by atoms with Gasteiger partial charge in [0.1, 0.15) is 48.8 Å². The summed E-state index contributed by atoms with van der Waals surface area (Å²) >= 11 is 0. The highest BCUT2D eigenvalue weighted by atomic mass is 16.7. The van der Waals surface area contributed by atoms with Crippen LogP contribution in [0.1, 0.15) is 239 Å². The van der Waals surface area contributed by atoms with Gasteiger partial charge in [-0.1, -0.05) is 211 Å². The standard InChI is InChI=1S/C59H109NO13/c1-3-5-7-9-11-13-15-17-19-20-21-22-23-24-25-26-27-28-29-30-32-34-36-38-40-42-48(63)47(60-51(64)43-41-39-37-35-33-31-18-16-14-12-10-8-6-4-2)46-70-58-56(69)54(67)57(50(45-62)72-58)73-59-55(68)53(66)52(65)49(44-61)71-59/h16,18,32,34,40,42,47-50,52-59,61-63,65-69H,3-15,17,19-31,33,35-39,41,43-46H2,1-2H3,(H,60,64)/b18-16-,34-32+,42-40+. The number of carbonyl (C=O) groups is 1. The van der Waals surface area contributed by atoms with Gasteiger partial charge in [-0.2, -0.15) is 0 Å². The van der Waals surface area contributed by atoms with Crippen LogP contribution in [0.15, 0.2) is 36.5 Å². The summed E-state index contributed by atoms with van der Waals surface area (Å²) in [7, 11) is 0. The number of unbranched alkanes of at least 4 members (excludes halogenated alkanes) is 30. The molecule has 2 aliphatic heterocycles. The molecule has 0 bridgehead atoms. The molecule has 14 nitrogen and oxygen atoms in total. The second kappa shape index (κ2) is 45.3. The van der Waals surface area contributed by atoms with Crippen molar-refractivity contribution in [3.8, 4) is 0 Å². The average Bonchev–Trinajstić information content (AvgIpc) is 3.39. The minimum atomic E-state index is -1.79. The summed E-state index contributed by atoms with van der Waals surface area (Å²) in [5, 5.41) is 87.0. The van der Waals surface area contributed by atoms with E-state index < -0.39 is 86.8 Å². The average molecular weight is 1040 g/mol. The van der Waals surface area contributed by atoms with Gasteiger partial charge in [-0.15, -0.1) is 0 Å². The van der Waals surface area contributed by atoms with E-state index in [2.05, 4.69) is 43.5 Å². The zero-order chi connectivity index (χ0) is 53.2. The SMILES string of the molecule is CCCCCCC/C=C\CCCCCCCC(=O)NC(COC1OC(CO)C(OC2OC(CO)C(O)C(O)C2O)C(O)C1O)C(O)/C=C/CC/C=C/CCCCCCCCCCCCCCCCCCCCC. The van der Waals surface area contributed by atoms with E-state index in [9.17, 15) is 45.6 Å². The van der Waals surface area contributed by atoms with Gasteiger partial charge in [-0.3, -0.25) is 4.79 Å². The maximum atomic E-state index is 13.2. The molecule has 0 aromatic carbocycles. The molecule has 0 aromatic heterocycles. The van der Waals surface area contributed by atoms with Gasteiger partial charge in [0.05, 0.1) is 32.0 Å². The summed E-state index contributed by atoms with van der Waals surface area (Å²) in [5.41, 5.74) is 0. The summed E-state index contributed by atoms with van der Waals surface area (Å²) in [5.74, 6) is -0.257. The Morgan fingerprint density at radius 1 is 0.479 bits per heavy atom. The maximum Gasteiger partial charge on any atom is 0.220 e. The van der Waals surface area contributed by atoms with Crippen molar-refractivity contribution in [1.29, 1.82) is 0 Å². The summed E-state index contributed by atoms with van der Waals surface area (Å²) in [4.78, 5) is 13.2. The Kier molecular flexibility index (Phi) is 41.7. The van der Waals surface area contributed by atoms with Crippen LogP contribution in [0.3, 0.4) is 0 Å². The van der Waals surface area contributed by atoms with Crippen molar-refractivity contribution in [3.63, 3.8) is 0 Å². The first-order valence-electron chi connectivity index (χ1n) is 29.7. The van der Waals surface area contributed by atoms with Gasteiger partial charge >= 0.3 is 0 Å². The van der Waals surface area contributed by atoms with Crippen molar-refractivity contribution in [3.05, 3.63) is 36.5 Å². The fourth-order valence-corrected chi connectivity index (χ4v) is 9.71. The van der Waals surface area contributed by atoms with Crippen LogP contribution in [0.4, 0.5) is 0 Å². The summed E-state index contributed by atoms with van der Waals surface area (Å²) in [6, 6.07) is -0.935. The van der Waals surface area contributed by atoms with Crippen LogP contribution in [0.2, 0.25) is 0 Å². The lowest BCUT2D eigenvalue weighted by Crippen LogP contribution is -2.65. The normalized spacial score (nSPS) is 25.6. The predicted octanol–water partition coefficient (Wildman–Crippen LogP) is 9.83. The molecule has 12 atom stereocenters. The number of aliphatic hydroxyl groups excluding tert-OH is 8. The number of hydrogen-bond donors (Lipinski definition) is 9. The van der Waals surface area contributed by atoms with Crippen molar-refractivity contribution in [2.45, 2.75) is 312 Å². The molecule has 0 saturated carbocycles. The number of ether oxygens (including phenoxy) is 4. The minimum absolute atomic E-state index is 0.257. The van der Waals surface area contributed by atoms with E-state index in [-0.39, 0.29) is 18.9 Å². The number of rotatable bonds is 47. The van der Waals surface area contributed by atoms with E-state index in [0.29, 0.717) is 12.8 Å². The highest BCUT2D eigenvalue weighted by molar-refractivity contribution is 5.76. The number of aliphatic hydroxyl groups is 8. The molecule has 1 amide bonds. The molecule has 0 spiro atoms. The Balaban J connectivity index is 1.77. The van der Waals surface area contributed by atoms with Crippen molar-refractivity contribution < 1.29 is 64.6 Å². The number of hydrogen-bond acceptors (Lipinski definition) is 13. The van der Waals surface area contributed by atoms with E-state index in [4.69, 9.17) is 18.9 Å². The van der Waals surface area contributed by atoms with E-state index in [0.717, 1.165) is 51.4 Å². The number of allylic oxidation sites excluding steroid dienone is 5. The maximum absolute atomic E-state index is 13.2. The summed E-state index contributed by atoms with van der Waals surface area (Å²) in [6.45, 7) is 2.77. The van der Waals surface area contributed by atoms with E-state index in [1.807, 2.05) is 6.08 Å². The number of carbonyl (C=O) groups excluding carboxylic acids is 1. The third kappa shape index (κ3) is 31.3. The van der Waals surface area contributed by atoms with Gasteiger partial charge in [-0.05, 0) is 57.8 Å². The Hall–Kier alpha value is -1.79. The lowest BCUT2D eigenvalue weighted by molar-refractivity contribution is -0.359. The van der Waals surface area contributed by atoms with E-state index in [1.165, 1.54) is 154 Å². The van der Waals surface area contributed by atoms with Crippen LogP contribution >= 0.6 is 0 Å². The molecular formula is C59H109NO13. The van der Waals surface area contributed by atoms with Crippen LogP contribution in [-0.2, 0) is 23.7 Å². The number of amides is 1. The third-order valence-corrected chi connectivity index (χ3v) is 14.5. The zero-order valence-electron chi connectivity index (χ0n) is 45.9. The van der Waals surface area contributed by atoms with Gasteiger partial charge in [0.25, 0.3) is 0 Å². The first-order chi connectivity index (χ1) is 35.6. The third-order valence-electron chi connectivity index (χ3n) is 14.5. The quantitative estimate of drug-likeness (QED) is 0.0205. The van der Waals surface area contributed by atoms with Gasteiger partial charge in [0, 0.05) is 6.42 Å². The predicted molar refractivity (Wildman–Crippen MR) is 291 cm³/mol. The molecule has 0 radical (unpaired) electrons. The van der Waals surface area contributed by atoms with Gasteiger partial charge in [-0.25, -0.2) is 0 Å². The fourth-order valence-electron chi connectivity index (χ4n) is 9.71. The second-order valence-corrected chi connectivity index (χ2v) is 21.1. The highest BCUT2D eigenvalue weighted by Crippen LogP contribution is 2.30. The van der Waals surface area contributed by atoms with Crippen LogP contribution in [0, 0.1) is 0 Å². The Bertz CT molecular complexity index is 1370. The molecule has 2 fully saturated rings. The van der Waals surface area contributed by atoms with E-state index >= 15 is 0 Å². The molecule has 2 heterocycles. The summed E-state index contributed by atoms with van der Waals surface area (Å²) < 4.78 is 22.7. The Labute approximate surface area is 442 Å². The first kappa shape index (κ1) is 67.3.